The molecule has 2 aromatic rings. The van der Waals surface area contributed by atoms with Gasteiger partial charge in [-0.15, -0.1) is 0 Å². The molecule has 0 amide bonds. The zero-order valence-corrected chi connectivity index (χ0v) is 9.86. The highest BCUT2D eigenvalue weighted by Gasteiger charge is 2.22. The molecule has 1 aromatic heterocycles. The van der Waals surface area contributed by atoms with E-state index in [-0.39, 0.29) is 5.09 Å². The summed E-state index contributed by atoms with van der Waals surface area (Å²) in [5.41, 5.74) is 0.485. The van der Waals surface area contributed by atoms with Gasteiger partial charge in [0.05, 0.1) is 4.47 Å². The lowest BCUT2D eigenvalue weighted by molar-refractivity contribution is 0.484. The molecule has 0 radical (unpaired) electrons. The van der Waals surface area contributed by atoms with Gasteiger partial charge in [-0.25, -0.2) is 8.42 Å². The number of hydrogen-bond acceptors (Lipinski definition) is 3. The molecule has 0 spiro atoms. The van der Waals surface area contributed by atoms with E-state index in [9.17, 15) is 8.42 Å². The molecule has 0 aliphatic carbocycles. The molecule has 2 rings (SSSR count). The molecular weight excluding hydrogens is 292 g/mol. The molecule has 6 heteroatoms. The first-order valence-corrected chi connectivity index (χ1v) is 6.72. The van der Waals surface area contributed by atoms with Crippen LogP contribution in [0.15, 0.2) is 38.2 Å². The van der Waals surface area contributed by atoms with Gasteiger partial charge in [0.25, 0.3) is 9.05 Å². The summed E-state index contributed by atoms with van der Waals surface area (Å²) in [4.78, 5) is 0. The Balaban J connectivity index is 2.89. The lowest BCUT2D eigenvalue weighted by Gasteiger charge is -1.88. The van der Waals surface area contributed by atoms with Crippen LogP contribution in [0.3, 0.4) is 0 Å². The Labute approximate surface area is 93.2 Å². The van der Waals surface area contributed by atoms with Crippen molar-refractivity contribution in [3.63, 3.8) is 0 Å². The van der Waals surface area contributed by atoms with Crippen molar-refractivity contribution in [1.82, 2.24) is 0 Å². The summed E-state index contributed by atoms with van der Waals surface area (Å²) in [7, 11) is 1.35. The van der Waals surface area contributed by atoms with Crippen molar-refractivity contribution in [3.05, 3.63) is 28.7 Å². The molecule has 3 nitrogen and oxygen atoms in total. The number of hydrogen-bond donors (Lipinski definition) is 0. The maximum Gasteiger partial charge on any atom is 0.295 e. The van der Waals surface area contributed by atoms with Crippen LogP contribution in [0.25, 0.3) is 11.0 Å². The van der Waals surface area contributed by atoms with Gasteiger partial charge in [-0.3, -0.25) is 0 Å². The van der Waals surface area contributed by atoms with Crippen LogP contribution in [0.1, 0.15) is 0 Å². The number of fused-ring (bicyclic) bond motifs is 1. The van der Waals surface area contributed by atoms with Gasteiger partial charge >= 0.3 is 0 Å². The van der Waals surface area contributed by atoms with E-state index in [0.717, 1.165) is 0 Å². The van der Waals surface area contributed by atoms with Crippen molar-refractivity contribution < 1.29 is 12.8 Å². The Bertz CT molecular complexity index is 588. The summed E-state index contributed by atoms with van der Waals surface area (Å²) in [5.74, 6) is 0. The Morgan fingerprint density at radius 3 is 2.50 bits per heavy atom. The first kappa shape index (κ1) is 10.0. The Morgan fingerprint density at radius 1 is 1.29 bits per heavy atom. The van der Waals surface area contributed by atoms with Crippen molar-refractivity contribution in [2.24, 2.45) is 0 Å². The quantitative estimate of drug-likeness (QED) is 0.759. The van der Waals surface area contributed by atoms with Crippen LogP contribution in [0.4, 0.5) is 0 Å². The van der Waals surface area contributed by atoms with E-state index < -0.39 is 9.05 Å². The van der Waals surface area contributed by atoms with Gasteiger partial charge in [0.2, 0.25) is 5.09 Å². The molecule has 14 heavy (non-hydrogen) atoms. The highest BCUT2D eigenvalue weighted by molar-refractivity contribution is 9.10. The first-order chi connectivity index (χ1) is 6.50. The molecule has 0 saturated carbocycles. The third kappa shape index (κ3) is 1.55. The van der Waals surface area contributed by atoms with Crippen LogP contribution >= 0.6 is 26.6 Å². The molecule has 0 aliphatic heterocycles. The summed E-state index contributed by atoms with van der Waals surface area (Å²) in [5, 5.41) is 0.437. The van der Waals surface area contributed by atoms with Crippen LogP contribution in [-0.2, 0) is 9.05 Å². The van der Waals surface area contributed by atoms with Gasteiger partial charge in [0.1, 0.15) is 5.58 Å². The van der Waals surface area contributed by atoms with E-state index in [1.165, 1.54) is 0 Å². The number of furan rings is 1. The summed E-state index contributed by atoms with van der Waals surface area (Å²) in [6, 6.07) is 6.95. The standard InChI is InChI=1S/C8H4BrClO3S/c9-7-5-3-1-2-4-6(5)13-8(7)14(10,11)12/h1-4H. The second-order valence-corrected chi connectivity index (χ2v) is 5.90. The third-order valence-electron chi connectivity index (χ3n) is 1.73. The summed E-state index contributed by atoms with van der Waals surface area (Å²) in [6.07, 6.45) is 0. The second-order valence-electron chi connectivity index (χ2n) is 2.64. The van der Waals surface area contributed by atoms with E-state index >= 15 is 0 Å². The van der Waals surface area contributed by atoms with Crippen molar-refractivity contribution in [2.75, 3.05) is 0 Å². The predicted molar refractivity (Wildman–Crippen MR) is 57.0 cm³/mol. The molecule has 0 unspecified atom stereocenters. The molecule has 0 aliphatic rings. The molecule has 74 valence electrons. The molecule has 0 bridgehead atoms. The minimum absolute atomic E-state index is 0.250. The zero-order valence-electron chi connectivity index (χ0n) is 6.70. The van der Waals surface area contributed by atoms with Crippen molar-refractivity contribution in [2.45, 2.75) is 5.09 Å². The van der Waals surface area contributed by atoms with Gasteiger partial charge in [-0.1, -0.05) is 12.1 Å². The highest BCUT2D eigenvalue weighted by Crippen LogP contribution is 2.35. The minimum Gasteiger partial charge on any atom is -0.442 e. The number of para-hydroxylation sites is 1. The summed E-state index contributed by atoms with van der Waals surface area (Å²) in [6.45, 7) is 0. The van der Waals surface area contributed by atoms with E-state index in [4.69, 9.17) is 15.1 Å². The molecule has 1 heterocycles. The number of rotatable bonds is 1. The molecule has 0 atom stereocenters. The van der Waals surface area contributed by atoms with E-state index in [1.807, 2.05) is 0 Å². The molecule has 0 saturated heterocycles. The maximum atomic E-state index is 11.1. The van der Waals surface area contributed by atoms with E-state index in [1.54, 1.807) is 24.3 Å². The highest BCUT2D eigenvalue weighted by atomic mass is 79.9. The number of halogens is 2. The first-order valence-electron chi connectivity index (χ1n) is 3.62. The molecule has 0 fully saturated rings. The topological polar surface area (TPSA) is 47.3 Å². The van der Waals surface area contributed by atoms with Crippen molar-refractivity contribution in [1.29, 1.82) is 0 Å². The lowest BCUT2D eigenvalue weighted by Crippen LogP contribution is -1.87. The van der Waals surface area contributed by atoms with Crippen LogP contribution in [-0.4, -0.2) is 8.42 Å². The summed E-state index contributed by atoms with van der Waals surface area (Å²) < 4.78 is 27.6. The van der Waals surface area contributed by atoms with Crippen LogP contribution < -0.4 is 0 Å². The molecular formula is C8H4BrClO3S. The SMILES string of the molecule is O=S(=O)(Cl)c1oc2ccccc2c1Br. The van der Waals surface area contributed by atoms with Gasteiger partial charge in [-0.05, 0) is 28.1 Å². The third-order valence-corrected chi connectivity index (χ3v) is 3.93. The Kier molecular flexibility index (Phi) is 2.33. The fraction of sp³-hybridized carbons (Fsp3) is 0. The van der Waals surface area contributed by atoms with Crippen LogP contribution in [0.5, 0.6) is 0 Å². The fourth-order valence-electron chi connectivity index (χ4n) is 1.15. The van der Waals surface area contributed by atoms with Crippen molar-refractivity contribution in [3.8, 4) is 0 Å². The second kappa shape index (κ2) is 3.25. The largest absolute Gasteiger partial charge is 0.442 e. The summed E-state index contributed by atoms with van der Waals surface area (Å²) >= 11 is 3.13. The Hall–Kier alpha value is -0.520. The minimum atomic E-state index is -3.84. The monoisotopic (exact) mass is 294 g/mol. The Morgan fingerprint density at radius 2 is 1.93 bits per heavy atom. The van der Waals surface area contributed by atoms with Gasteiger partial charge < -0.3 is 4.42 Å². The lowest BCUT2D eigenvalue weighted by atomic mass is 10.3. The van der Waals surface area contributed by atoms with E-state index in [0.29, 0.717) is 15.4 Å². The molecule has 1 aromatic carbocycles. The van der Waals surface area contributed by atoms with Crippen LogP contribution in [0.2, 0.25) is 0 Å². The number of benzene rings is 1. The smallest absolute Gasteiger partial charge is 0.295 e. The van der Waals surface area contributed by atoms with E-state index in [2.05, 4.69) is 15.9 Å². The maximum absolute atomic E-state index is 11.1. The van der Waals surface area contributed by atoms with Gasteiger partial charge in [0, 0.05) is 16.1 Å². The van der Waals surface area contributed by atoms with Gasteiger partial charge in [0.15, 0.2) is 0 Å². The average Bonchev–Trinajstić information content (AvgIpc) is 2.44. The fourth-order valence-corrected chi connectivity index (χ4v) is 3.32. The van der Waals surface area contributed by atoms with Gasteiger partial charge in [-0.2, -0.15) is 0 Å². The predicted octanol–water partition coefficient (Wildman–Crippen LogP) is 3.12. The normalized spacial score (nSPS) is 12.1. The molecule has 0 N–H and O–H groups in total. The average molecular weight is 296 g/mol. The van der Waals surface area contributed by atoms with Crippen molar-refractivity contribution >= 4 is 46.6 Å². The van der Waals surface area contributed by atoms with Crippen LogP contribution in [0, 0.1) is 0 Å². The zero-order chi connectivity index (χ0) is 10.3.